The van der Waals surface area contributed by atoms with Gasteiger partial charge in [0.15, 0.2) is 23.7 Å². The molecular formula is C17H14FNO4. The number of aliphatic hydroxyl groups is 1. The Morgan fingerprint density at radius 1 is 1.22 bits per heavy atom. The molecule has 5 nitrogen and oxygen atoms in total. The first-order valence-electron chi connectivity index (χ1n) is 6.87. The lowest BCUT2D eigenvalue weighted by atomic mass is 10.1. The number of aromatic amines is 1. The molecule has 2 N–H and O–H groups in total. The van der Waals surface area contributed by atoms with Crippen molar-refractivity contribution in [1.82, 2.24) is 4.98 Å². The lowest BCUT2D eigenvalue weighted by molar-refractivity contribution is 0.0957. The van der Waals surface area contributed by atoms with Gasteiger partial charge in [0.25, 0.3) is 0 Å². The highest BCUT2D eigenvalue weighted by Crippen LogP contribution is 2.33. The van der Waals surface area contributed by atoms with Gasteiger partial charge in [-0.1, -0.05) is 12.1 Å². The molecule has 0 radical (unpaired) electrons. The summed E-state index contributed by atoms with van der Waals surface area (Å²) < 4.78 is 23.7. The van der Waals surface area contributed by atoms with Crippen LogP contribution >= 0.6 is 0 Å². The van der Waals surface area contributed by atoms with Crippen molar-refractivity contribution in [3.63, 3.8) is 0 Å². The number of hydrogen-bond acceptors (Lipinski definition) is 4. The highest BCUT2D eigenvalue weighted by atomic mass is 19.1. The molecule has 3 rings (SSSR count). The van der Waals surface area contributed by atoms with Crippen LogP contribution < -0.4 is 14.9 Å². The molecule has 0 amide bonds. The highest BCUT2D eigenvalue weighted by molar-refractivity contribution is 5.89. The molecule has 1 heterocycles. The molecule has 23 heavy (non-hydrogen) atoms. The average Bonchev–Trinajstić information content (AvgIpc) is 2.55. The van der Waals surface area contributed by atoms with Gasteiger partial charge < -0.3 is 19.6 Å². The SMILES string of the molecule is COc1c(OCO)ccc2[nH]c(-c3cccc(F)c3)cc(=O)c12. The second kappa shape index (κ2) is 6.10. The summed E-state index contributed by atoms with van der Waals surface area (Å²) in [6.07, 6.45) is 0. The Hall–Kier alpha value is -2.86. The van der Waals surface area contributed by atoms with E-state index < -0.39 is 6.79 Å². The number of pyridine rings is 1. The zero-order valence-corrected chi connectivity index (χ0v) is 12.3. The van der Waals surface area contributed by atoms with E-state index >= 15 is 0 Å². The third-order valence-electron chi connectivity index (χ3n) is 3.47. The van der Waals surface area contributed by atoms with Crippen molar-refractivity contribution in [2.24, 2.45) is 0 Å². The number of ether oxygens (including phenoxy) is 2. The molecule has 0 atom stereocenters. The Bertz CT molecular complexity index is 920. The normalized spacial score (nSPS) is 10.7. The van der Waals surface area contributed by atoms with Gasteiger partial charge in [-0.2, -0.15) is 0 Å². The van der Waals surface area contributed by atoms with Gasteiger partial charge in [-0.05, 0) is 24.3 Å². The molecule has 0 spiro atoms. The molecule has 0 aliphatic rings. The molecule has 3 aromatic rings. The minimum absolute atomic E-state index is 0.239. The van der Waals surface area contributed by atoms with Gasteiger partial charge >= 0.3 is 0 Å². The minimum atomic E-state index is -0.527. The molecule has 0 bridgehead atoms. The van der Waals surface area contributed by atoms with E-state index in [1.165, 1.54) is 25.3 Å². The lowest BCUT2D eigenvalue weighted by Crippen LogP contribution is -2.07. The van der Waals surface area contributed by atoms with Crippen LogP contribution in [0.5, 0.6) is 11.5 Å². The van der Waals surface area contributed by atoms with E-state index in [9.17, 15) is 9.18 Å². The number of nitrogens with one attached hydrogen (secondary N) is 1. The number of fused-ring (bicyclic) bond motifs is 1. The van der Waals surface area contributed by atoms with Crippen LogP contribution in [0.3, 0.4) is 0 Å². The number of halogens is 1. The molecule has 0 aliphatic carbocycles. The summed E-state index contributed by atoms with van der Waals surface area (Å²) in [7, 11) is 1.42. The fourth-order valence-corrected chi connectivity index (χ4v) is 2.49. The van der Waals surface area contributed by atoms with Crippen molar-refractivity contribution < 1.29 is 19.0 Å². The van der Waals surface area contributed by atoms with Crippen LogP contribution in [0.2, 0.25) is 0 Å². The first-order valence-corrected chi connectivity index (χ1v) is 6.87. The Morgan fingerprint density at radius 3 is 2.74 bits per heavy atom. The van der Waals surface area contributed by atoms with E-state index in [4.69, 9.17) is 14.6 Å². The molecule has 1 aromatic heterocycles. The summed E-state index contributed by atoms with van der Waals surface area (Å²) >= 11 is 0. The summed E-state index contributed by atoms with van der Waals surface area (Å²) in [6.45, 7) is -0.527. The maximum absolute atomic E-state index is 13.4. The van der Waals surface area contributed by atoms with Crippen LogP contribution in [0, 0.1) is 5.82 Å². The van der Waals surface area contributed by atoms with Gasteiger partial charge in [-0.3, -0.25) is 4.79 Å². The molecule has 0 saturated heterocycles. The van der Waals surface area contributed by atoms with Gasteiger partial charge in [0.05, 0.1) is 18.0 Å². The second-order valence-electron chi connectivity index (χ2n) is 4.85. The van der Waals surface area contributed by atoms with Crippen LogP contribution in [0.15, 0.2) is 47.3 Å². The van der Waals surface area contributed by atoms with Gasteiger partial charge in [-0.15, -0.1) is 0 Å². The fourth-order valence-electron chi connectivity index (χ4n) is 2.49. The highest BCUT2D eigenvalue weighted by Gasteiger charge is 2.14. The number of rotatable bonds is 4. The molecule has 0 aliphatic heterocycles. The van der Waals surface area contributed by atoms with Gasteiger partial charge in [0, 0.05) is 17.3 Å². The van der Waals surface area contributed by atoms with Crippen molar-refractivity contribution in [2.45, 2.75) is 0 Å². The van der Waals surface area contributed by atoms with Crippen LogP contribution in [0.25, 0.3) is 22.2 Å². The fraction of sp³-hybridized carbons (Fsp3) is 0.118. The molecule has 0 saturated carbocycles. The van der Waals surface area contributed by atoms with Crippen molar-refractivity contribution in [1.29, 1.82) is 0 Å². The Kier molecular flexibility index (Phi) is 3.99. The van der Waals surface area contributed by atoms with E-state index in [1.807, 2.05) is 0 Å². The van der Waals surface area contributed by atoms with E-state index in [1.54, 1.807) is 24.3 Å². The standard InChI is InChI=1S/C17H14FNO4/c1-22-17-15(23-9-20)6-5-12-16(17)14(21)8-13(19-12)10-3-2-4-11(18)7-10/h2-8,20H,9H2,1H3,(H,19,21). The minimum Gasteiger partial charge on any atom is -0.492 e. The van der Waals surface area contributed by atoms with Gasteiger partial charge in [0.1, 0.15) is 5.82 Å². The van der Waals surface area contributed by atoms with Crippen molar-refractivity contribution in [3.05, 3.63) is 58.5 Å². The van der Waals surface area contributed by atoms with Crippen LogP contribution in [0.1, 0.15) is 0 Å². The molecule has 0 unspecified atom stereocenters. The largest absolute Gasteiger partial charge is 0.492 e. The van der Waals surface area contributed by atoms with E-state index in [-0.39, 0.29) is 22.7 Å². The summed E-state index contributed by atoms with van der Waals surface area (Å²) in [5.74, 6) is 0.128. The maximum atomic E-state index is 13.4. The summed E-state index contributed by atoms with van der Waals surface area (Å²) in [6, 6.07) is 10.6. The van der Waals surface area contributed by atoms with Crippen molar-refractivity contribution in [3.8, 4) is 22.8 Å². The summed E-state index contributed by atoms with van der Waals surface area (Å²) in [5.41, 5.74) is 1.30. The maximum Gasteiger partial charge on any atom is 0.193 e. The number of aliphatic hydroxyl groups excluding tert-OH is 1. The third kappa shape index (κ3) is 2.76. The Labute approximate surface area is 130 Å². The van der Waals surface area contributed by atoms with Gasteiger partial charge in [0.2, 0.25) is 0 Å². The van der Waals surface area contributed by atoms with Crippen molar-refractivity contribution in [2.75, 3.05) is 13.9 Å². The summed E-state index contributed by atoms with van der Waals surface area (Å²) in [4.78, 5) is 15.6. The Balaban J connectivity index is 2.24. The first-order chi connectivity index (χ1) is 11.1. The monoisotopic (exact) mass is 315 g/mol. The molecule has 2 aromatic carbocycles. The predicted molar refractivity (Wildman–Crippen MR) is 84.2 cm³/mol. The van der Waals surface area contributed by atoms with E-state index in [0.29, 0.717) is 22.2 Å². The van der Waals surface area contributed by atoms with E-state index in [0.717, 1.165) is 0 Å². The molecular weight excluding hydrogens is 301 g/mol. The zero-order chi connectivity index (χ0) is 16.4. The number of aromatic nitrogens is 1. The summed E-state index contributed by atoms with van der Waals surface area (Å²) in [5, 5.41) is 9.20. The topological polar surface area (TPSA) is 71.5 Å². The number of hydrogen-bond donors (Lipinski definition) is 2. The van der Waals surface area contributed by atoms with Crippen molar-refractivity contribution >= 4 is 10.9 Å². The smallest absolute Gasteiger partial charge is 0.193 e. The Morgan fingerprint density at radius 2 is 2.04 bits per heavy atom. The average molecular weight is 315 g/mol. The number of benzene rings is 2. The predicted octanol–water partition coefficient (Wildman–Crippen LogP) is 2.67. The molecule has 0 fully saturated rings. The first kappa shape index (κ1) is 15.1. The van der Waals surface area contributed by atoms with Crippen LogP contribution in [-0.4, -0.2) is 24.0 Å². The van der Waals surface area contributed by atoms with E-state index in [2.05, 4.69) is 4.98 Å². The van der Waals surface area contributed by atoms with Gasteiger partial charge in [-0.25, -0.2) is 4.39 Å². The molecule has 118 valence electrons. The van der Waals surface area contributed by atoms with Crippen LogP contribution in [-0.2, 0) is 0 Å². The zero-order valence-electron chi connectivity index (χ0n) is 12.3. The quantitative estimate of drug-likeness (QED) is 0.726. The van der Waals surface area contributed by atoms with Crippen LogP contribution in [0.4, 0.5) is 4.39 Å². The second-order valence-corrected chi connectivity index (χ2v) is 4.85. The third-order valence-corrected chi connectivity index (χ3v) is 3.47. The number of methoxy groups -OCH3 is 1. The number of H-pyrrole nitrogens is 1. The molecule has 6 heteroatoms. The lowest BCUT2D eigenvalue weighted by Gasteiger charge is -2.12.